The van der Waals surface area contributed by atoms with Crippen molar-refractivity contribution in [2.45, 2.75) is 57.6 Å². The molecule has 0 saturated heterocycles. The number of carbonyl (C=O) groups is 2. The van der Waals surface area contributed by atoms with Crippen molar-refractivity contribution in [3.05, 3.63) is 35.4 Å². The molecule has 22 heavy (non-hydrogen) atoms. The summed E-state index contributed by atoms with van der Waals surface area (Å²) >= 11 is 0. The van der Waals surface area contributed by atoms with Crippen LogP contribution in [0, 0.1) is 0 Å². The average Bonchev–Trinajstić information content (AvgIpc) is 2.86. The van der Waals surface area contributed by atoms with Crippen LogP contribution in [0.25, 0.3) is 0 Å². The van der Waals surface area contributed by atoms with E-state index in [4.69, 9.17) is 9.84 Å². The summed E-state index contributed by atoms with van der Waals surface area (Å²) in [5.74, 6) is -0.952. The molecule has 0 bridgehead atoms. The van der Waals surface area contributed by atoms with Gasteiger partial charge in [-0.2, -0.15) is 0 Å². The molecule has 1 aliphatic rings. The van der Waals surface area contributed by atoms with E-state index >= 15 is 0 Å². The lowest BCUT2D eigenvalue weighted by Crippen LogP contribution is -2.46. The van der Waals surface area contributed by atoms with Crippen LogP contribution in [0.2, 0.25) is 0 Å². The second kappa shape index (κ2) is 5.99. The van der Waals surface area contributed by atoms with Gasteiger partial charge in [-0.15, -0.1) is 0 Å². The summed E-state index contributed by atoms with van der Waals surface area (Å²) in [6.07, 6.45) is 3.28. The molecule has 5 nitrogen and oxygen atoms in total. The lowest BCUT2D eigenvalue weighted by atomic mass is 9.88. The zero-order valence-electron chi connectivity index (χ0n) is 13.3. The molecule has 0 radical (unpaired) electrons. The van der Waals surface area contributed by atoms with Crippen LogP contribution in [0.4, 0.5) is 4.79 Å². The number of rotatable bonds is 3. The average molecular weight is 305 g/mol. The number of hydrogen-bond acceptors (Lipinski definition) is 3. The number of nitrogens with one attached hydrogen (secondary N) is 1. The fraction of sp³-hybridized carbons (Fsp3) is 0.529. The molecule has 1 aliphatic carbocycles. The Morgan fingerprint density at radius 1 is 1.14 bits per heavy atom. The Labute approximate surface area is 130 Å². The number of ether oxygens (including phenoxy) is 1. The molecular weight excluding hydrogens is 282 g/mol. The minimum atomic E-state index is -0.952. The smallest absolute Gasteiger partial charge is 0.408 e. The highest BCUT2D eigenvalue weighted by molar-refractivity contribution is 5.87. The normalized spacial score (nSPS) is 17.0. The van der Waals surface area contributed by atoms with E-state index in [1.807, 2.05) is 20.8 Å². The van der Waals surface area contributed by atoms with E-state index in [2.05, 4.69) is 5.32 Å². The maximum absolute atomic E-state index is 12.1. The molecule has 1 amide bonds. The third-order valence-corrected chi connectivity index (χ3v) is 3.88. The van der Waals surface area contributed by atoms with Gasteiger partial charge in [0.1, 0.15) is 5.60 Å². The predicted molar refractivity (Wildman–Crippen MR) is 82.9 cm³/mol. The molecule has 2 N–H and O–H groups in total. The van der Waals surface area contributed by atoms with Crippen molar-refractivity contribution in [1.29, 1.82) is 0 Å². The van der Waals surface area contributed by atoms with Crippen molar-refractivity contribution in [3.63, 3.8) is 0 Å². The monoisotopic (exact) mass is 305 g/mol. The van der Waals surface area contributed by atoms with Crippen molar-refractivity contribution >= 4 is 12.1 Å². The molecule has 0 aliphatic heterocycles. The lowest BCUT2D eigenvalue weighted by molar-refractivity contribution is 0.0452. The SMILES string of the molecule is CC(C)(C)OC(=O)NC1(c2ccc(C(=O)O)cc2)CCCC1. The number of alkyl carbamates (subject to hydrolysis) is 1. The number of amides is 1. The number of benzene rings is 1. The van der Waals surface area contributed by atoms with Crippen molar-refractivity contribution in [2.75, 3.05) is 0 Å². The largest absolute Gasteiger partial charge is 0.478 e. The Kier molecular flexibility index (Phi) is 4.44. The Morgan fingerprint density at radius 2 is 1.68 bits per heavy atom. The summed E-state index contributed by atoms with van der Waals surface area (Å²) in [5.41, 5.74) is 0.172. The third-order valence-electron chi connectivity index (χ3n) is 3.88. The van der Waals surface area contributed by atoms with Crippen LogP contribution in [-0.4, -0.2) is 22.8 Å². The Morgan fingerprint density at radius 3 is 2.14 bits per heavy atom. The summed E-state index contributed by atoms with van der Waals surface area (Å²) in [4.78, 5) is 23.1. The summed E-state index contributed by atoms with van der Waals surface area (Å²) in [6, 6.07) is 6.72. The molecule has 1 aromatic rings. The first-order valence-electron chi connectivity index (χ1n) is 7.57. The number of aromatic carboxylic acids is 1. The molecule has 1 saturated carbocycles. The second-order valence-corrected chi connectivity index (χ2v) is 6.80. The van der Waals surface area contributed by atoms with Crippen LogP contribution in [0.5, 0.6) is 0 Å². The molecule has 2 rings (SSSR count). The zero-order valence-corrected chi connectivity index (χ0v) is 13.3. The first kappa shape index (κ1) is 16.3. The Bertz CT molecular complexity index is 551. The highest BCUT2D eigenvalue weighted by Gasteiger charge is 2.38. The van der Waals surface area contributed by atoms with E-state index in [0.29, 0.717) is 0 Å². The van der Waals surface area contributed by atoms with Crippen LogP contribution in [0.15, 0.2) is 24.3 Å². The first-order valence-corrected chi connectivity index (χ1v) is 7.57. The minimum Gasteiger partial charge on any atom is -0.478 e. The van der Waals surface area contributed by atoms with E-state index in [0.717, 1.165) is 31.2 Å². The Balaban J connectivity index is 2.21. The summed E-state index contributed by atoms with van der Waals surface area (Å²) in [6.45, 7) is 5.49. The van der Waals surface area contributed by atoms with Gasteiger partial charge in [-0.1, -0.05) is 25.0 Å². The van der Waals surface area contributed by atoms with Gasteiger partial charge < -0.3 is 15.2 Å². The first-order chi connectivity index (χ1) is 10.2. The van der Waals surface area contributed by atoms with Gasteiger partial charge in [0.2, 0.25) is 0 Å². The molecule has 5 heteroatoms. The minimum absolute atomic E-state index is 0.245. The number of hydrogen-bond donors (Lipinski definition) is 2. The highest BCUT2D eigenvalue weighted by Crippen LogP contribution is 2.39. The second-order valence-electron chi connectivity index (χ2n) is 6.80. The molecule has 1 fully saturated rings. The predicted octanol–water partition coefficient (Wildman–Crippen LogP) is 3.68. The van der Waals surface area contributed by atoms with E-state index in [1.165, 1.54) is 0 Å². The zero-order chi connectivity index (χ0) is 16.4. The summed E-state index contributed by atoms with van der Waals surface area (Å²) in [5, 5.41) is 12.0. The van der Waals surface area contributed by atoms with Crippen molar-refractivity contribution in [2.24, 2.45) is 0 Å². The Hall–Kier alpha value is -2.04. The number of carboxylic acid groups (broad SMARTS) is 1. The molecule has 0 heterocycles. The molecular formula is C17H23NO4. The molecule has 0 unspecified atom stereocenters. The lowest BCUT2D eigenvalue weighted by Gasteiger charge is -2.32. The van der Waals surface area contributed by atoms with Crippen LogP contribution >= 0.6 is 0 Å². The summed E-state index contributed by atoms with van der Waals surface area (Å²) < 4.78 is 5.36. The van der Waals surface area contributed by atoms with E-state index in [-0.39, 0.29) is 5.56 Å². The van der Waals surface area contributed by atoms with Crippen LogP contribution in [0.3, 0.4) is 0 Å². The van der Waals surface area contributed by atoms with Gasteiger partial charge in [-0.3, -0.25) is 0 Å². The van der Waals surface area contributed by atoms with E-state index < -0.39 is 23.2 Å². The van der Waals surface area contributed by atoms with E-state index in [1.54, 1.807) is 24.3 Å². The van der Waals surface area contributed by atoms with Gasteiger partial charge in [-0.05, 0) is 51.3 Å². The van der Waals surface area contributed by atoms with Gasteiger partial charge in [0.05, 0.1) is 11.1 Å². The topological polar surface area (TPSA) is 75.6 Å². The maximum Gasteiger partial charge on any atom is 0.408 e. The fourth-order valence-corrected chi connectivity index (χ4v) is 2.90. The van der Waals surface area contributed by atoms with Crippen LogP contribution in [-0.2, 0) is 10.3 Å². The molecule has 0 atom stereocenters. The standard InChI is InChI=1S/C17H23NO4/c1-16(2,3)22-15(21)18-17(10-4-5-11-17)13-8-6-12(7-9-13)14(19)20/h6-9H,4-5,10-11H2,1-3H3,(H,18,21)(H,19,20). The van der Waals surface area contributed by atoms with E-state index in [9.17, 15) is 9.59 Å². The number of carbonyl (C=O) groups excluding carboxylic acids is 1. The molecule has 1 aromatic carbocycles. The van der Waals surface area contributed by atoms with Gasteiger partial charge in [0.15, 0.2) is 0 Å². The highest BCUT2D eigenvalue weighted by atomic mass is 16.6. The molecule has 0 spiro atoms. The summed E-state index contributed by atoms with van der Waals surface area (Å²) in [7, 11) is 0. The van der Waals surface area contributed by atoms with Crippen molar-refractivity contribution in [1.82, 2.24) is 5.32 Å². The van der Waals surface area contributed by atoms with Crippen LogP contribution in [0.1, 0.15) is 62.4 Å². The van der Waals surface area contributed by atoms with Gasteiger partial charge in [0.25, 0.3) is 0 Å². The molecule has 0 aromatic heterocycles. The van der Waals surface area contributed by atoms with Gasteiger partial charge >= 0.3 is 12.1 Å². The van der Waals surface area contributed by atoms with Gasteiger partial charge in [0, 0.05) is 0 Å². The maximum atomic E-state index is 12.1. The molecule has 120 valence electrons. The van der Waals surface area contributed by atoms with Crippen molar-refractivity contribution < 1.29 is 19.4 Å². The van der Waals surface area contributed by atoms with Crippen molar-refractivity contribution in [3.8, 4) is 0 Å². The van der Waals surface area contributed by atoms with Crippen LogP contribution < -0.4 is 5.32 Å². The third kappa shape index (κ3) is 3.78. The quantitative estimate of drug-likeness (QED) is 0.893. The van der Waals surface area contributed by atoms with Gasteiger partial charge in [-0.25, -0.2) is 9.59 Å². The fourth-order valence-electron chi connectivity index (χ4n) is 2.90. The number of carboxylic acids is 1.